The van der Waals surface area contributed by atoms with Gasteiger partial charge in [-0.3, -0.25) is 0 Å². The van der Waals surface area contributed by atoms with Crippen LogP contribution in [-0.4, -0.2) is 11.7 Å². The Morgan fingerprint density at radius 3 is 1.47 bits per heavy atom. The predicted molar refractivity (Wildman–Crippen MR) is 252 cm³/mol. The van der Waals surface area contributed by atoms with Crippen LogP contribution >= 0.6 is 0 Å². The summed E-state index contributed by atoms with van der Waals surface area (Å²) in [5, 5.41) is 3.59. The van der Waals surface area contributed by atoms with E-state index in [9.17, 15) is 0 Å². The summed E-state index contributed by atoms with van der Waals surface area (Å²) < 4.78 is 6.52. The third-order valence-corrected chi connectivity index (χ3v) is 12.6. The van der Waals surface area contributed by atoms with Gasteiger partial charge in [0.1, 0.15) is 23.2 Å². The molecule has 292 valence electrons. The normalized spacial score (nSPS) is 15.2. The second-order valence-corrected chi connectivity index (χ2v) is 16.1. The molecule has 1 atom stereocenters. The van der Waals surface area contributed by atoms with Crippen LogP contribution in [0.25, 0.3) is 44.5 Å². The lowest BCUT2D eigenvalue weighted by molar-refractivity contribution is 0.436. The summed E-state index contributed by atoms with van der Waals surface area (Å²) in [5.74, 6) is 3.40. The number of ether oxygens (including phenoxy) is 1. The van der Waals surface area contributed by atoms with Gasteiger partial charge in [-0.1, -0.05) is 200 Å². The van der Waals surface area contributed by atoms with Gasteiger partial charge in [-0.25, -0.2) is 9.98 Å². The molecule has 2 heterocycles. The number of amidine groups is 2. The smallest absolute Gasteiger partial charge is 0.169 e. The highest BCUT2D eigenvalue weighted by Gasteiger charge is 2.50. The van der Waals surface area contributed by atoms with E-state index >= 15 is 0 Å². The molecule has 1 spiro atoms. The summed E-state index contributed by atoms with van der Waals surface area (Å²) in [4.78, 5) is 10.3. The Hall–Kier alpha value is -8.08. The Balaban J connectivity index is 0.877. The predicted octanol–water partition coefficient (Wildman–Crippen LogP) is 13.7. The van der Waals surface area contributed by atoms with Crippen molar-refractivity contribution < 1.29 is 4.74 Å². The molecule has 3 aliphatic rings. The average molecular weight is 794 g/mol. The largest absolute Gasteiger partial charge is 0.457 e. The van der Waals surface area contributed by atoms with Gasteiger partial charge in [-0.05, 0) is 85.5 Å². The highest BCUT2D eigenvalue weighted by Crippen LogP contribution is 2.62. The third-order valence-electron chi connectivity index (χ3n) is 12.6. The summed E-state index contributed by atoms with van der Waals surface area (Å²) in [5.41, 5.74) is 17.0. The molecule has 0 fully saturated rings. The number of fused-ring (bicyclic) bond motifs is 9. The van der Waals surface area contributed by atoms with E-state index < -0.39 is 5.41 Å². The van der Waals surface area contributed by atoms with Crippen LogP contribution in [0.2, 0.25) is 0 Å². The fraction of sp³-hybridized carbons (Fsp3) is 0.0345. The summed E-state index contributed by atoms with van der Waals surface area (Å²) >= 11 is 0. The summed E-state index contributed by atoms with van der Waals surface area (Å²) in [7, 11) is 0. The molecule has 0 aromatic heterocycles. The van der Waals surface area contributed by atoms with E-state index in [2.05, 4.69) is 206 Å². The fourth-order valence-electron chi connectivity index (χ4n) is 9.71. The zero-order valence-electron chi connectivity index (χ0n) is 33.7. The lowest BCUT2D eigenvalue weighted by atomic mass is 9.66. The molecule has 9 aromatic carbocycles. The van der Waals surface area contributed by atoms with Gasteiger partial charge in [0.05, 0.1) is 5.41 Å². The Labute approximate surface area is 361 Å². The number of hydrogen-bond acceptors (Lipinski definition) is 4. The van der Waals surface area contributed by atoms with Crippen LogP contribution in [0.4, 0.5) is 0 Å². The maximum Gasteiger partial charge on any atom is 0.169 e. The van der Waals surface area contributed by atoms with E-state index in [1.54, 1.807) is 0 Å². The first kappa shape index (κ1) is 35.8. The first-order valence-electron chi connectivity index (χ1n) is 21.2. The molecule has 4 heteroatoms. The lowest BCUT2D eigenvalue weighted by Crippen LogP contribution is -2.36. The van der Waals surface area contributed by atoms with Gasteiger partial charge in [0, 0.05) is 22.3 Å². The van der Waals surface area contributed by atoms with Crippen LogP contribution < -0.4 is 10.1 Å². The van der Waals surface area contributed by atoms with Crippen molar-refractivity contribution in [3.05, 3.63) is 263 Å². The van der Waals surface area contributed by atoms with Crippen molar-refractivity contribution in [2.45, 2.75) is 11.6 Å². The standard InChI is InChI=1S/C58H39N3O/c1-3-14-38(15-4-1)39-30-32-43(33-31-39)56-59-55(42-16-5-2-6-17-42)60-57(61-56)46-19-13-18-44(36-46)40-26-28-41(29-27-40)45-34-35-50-48(37-45)47-20-7-8-21-49(47)58(50)51-22-9-11-24-53(51)62-54-25-12-10-23-52(54)58/h1-37,56H,(H,59,60,61). The zero-order chi connectivity index (χ0) is 41.0. The third kappa shape index (κ3) is 5.83. The molecule has 12 rings (SSSR count). The van der Waals surface area contributed by atoms with Gasteiger partial charge in [0.25, 0.3) is 0 Å². The Bertz CT molecular complexity index is 3180. The van der Waals surface area contributed by atoms with Crippen LogP contribution in [0.15, 0.2) is 234 Å². The van der Waals surface area contributed by atoms with Crippen LogP contribution in [0.5, 0.6) is 11.5 Å². The second kappa shape index (κ2) is 14.6. The first-order valence-corrected chi connectivity index (χ1v) is 21.2. The van der Waals surface area contributed by atoms with E-state index in [0.717, 1.165) is 51.0 Å². The van der Waals surface area contributed by atoms with Gasteiger partial charge < -0.3 is 10.1 Å². The van der Waals surface area contributed by atoms with Crippen LogP contribution in [0.1, 0.15) is 45.1 Å². The van der Waals surface area contributed by atoms with E-state index in [-0.39, 0.29) is 6.17 Å². The summed E-state index contributed by atoms with van der Waals surface area (Å²) in [6.07, 6.45) is -0.390. The van der Waals surface area contributed by atoms with Crippen molar-refractivity contribution in [2.75, 3.05) is 0 Å². The van der Waals surface area contributed by atoms with Gasteiger partial charge in [-0.15, -0.1) is 0 Å². The van der Waals surface area contributed by atoms with Crippen molar-refractivity contribution >= 4 is 11.7 Å². The van der Waals surface area contributed by atoms with Crippen LogP contribution in [-0.2, 0) is 5.41 Å². The van der Waals surface area contributed by atoms with Crippen LogP contribution in [0, 0.1) is 0 Å². The van der Waals surface area contributed by atoms with Crippen molar-refractivity contribution in [3.8, 4) is 56.0 Å². The summed E-state index contributed by atoms with van der Waals surface area (Å²) in [6, 6.07) is 79.8. The molecular formula is C58H39N3O. The Morgan fingerprint density at radius 1 is 0.339 bits per heavy atom. The van der Waals surface area contributed by atoms with E-state index in [1.165, 1.54) is 55.6 Å². The minimum Gasteiger partial charge on any atom is -0.457 e. The Morgan fingerprint density at radius 2 is 0.790 bits per heavy atom. The number of nitrogens with zero attached hydrogens (tertiary/aromatic N) is 2. The van der Waals surface area contributed by atoms with Crippen molar-refractivity contribution in [1.29, 1.82) is 0 Å². The van der Waals surface area contributed by atoms with Gasteiger partial charge >= 0.3 is 0 Å². The lowest BCUT2D eigenvalue weighted by Gasteiger charge is -2.39. The number of rotatable bonds is 6. The van der Waals surface area contributed by atoms with Gasteiger partial charge in [-0.2, -0.15) is 0 Å². The molecule has 0 saturated carbocycles. The minimum absolute atomic E-state index is 0.390. The fourth-order valence-corrected chi connectivity index (χ4v) is 9.71. The van der Waals surface area contributed by atoms with Gasteiger partial charge in [0.15, 0.2) is 6.17 Å². The summed E-state index contributed by atoms with van der Waals surface area (Å²) in [6.45, 7) is 0. The molecule has 0 saturated heterocycles. The SMILES string of the molecule is c1ccc(C2=NC(c3ccc(-c4ccccc4)cc3)N=C(c3cccc(-c4ccc(-c5ccc6c(c5)-c5ccccc5C65c6ccccc6Oc6ccccc65)cc4)c3)N2)cc1. The molecule has 9 aromatic rings. The number of benzene rings is 9. The molecule has 62 heavy (non-hydrogen) atoms. The zero-order valence-corrected chi connectivity index (χ0v) is 33.7. The average Bonchev–Trinajstić information content (AvgIpc) is 3.64. The molecular weight excluding hydrogens is 755 g/mol. The molecule has 2 aliphatic heterocycles. The minimum atomic E-state index is -0.469. The molecule has 0 radical (unpaired) electrons. The molecule has 1 aliphatic carbocycles. The highest BCUT2D eigenvalue weighted by atomic mass is 16.5. The molecule has 0 bridgehead atoms. The van der Waals surface area contributed by atoms with E-state index in [4.69, 9.17) is 14.7 Å². The van der Waals surface area contributed by atoms with Crippen molar-refractivity contribution in [1.82, 2.24) is 5.32 Å². The number of hydrogen-bond donors (Lipinski definition) is 1. The topological polar surface area (TPSA) is 46.0 Å². The first-order chi connectivity index (χ1) is 30.7. The van der Waals surface area contributed by atoms with Crippen molar-refractivity contribution in [2.24, 2.45) is 9.98 Å². The van der Waals surface area contributed by atoms with Crippen LogP contribution in [0.3, 0.4) is 0 Å². The number of nitrogens with one attached hydrogen (secondary N) is 1. The maximum absolute atomic E-state index is 6.52. The van der Waals surface area contributed by atoms with E-state index in [1.807, 2.05) is 24.3 Å². The van der Waals surface area contributed by atoms with Gasteiger partial charge in [0.2, 0.25) is 0 Å². The highest BCUT2D eigenvalue weighted by molar-refractivity contribution is 6.16. The molecule has 0 amide bonds. The maximum atomic E-state index is 6.52. The monoisotopic (exact) mass is 793 g/mol. The number of para-hydroxylation sites is 2. The van der Waals surface area contributed by atoms with E-state index in [0.29, 0.717) is 0 Å². The molecule has 1 unspecified atom stereocenters. The van der Waals surface area contributed by atoms with Crippen molar-refractivity contribution in [3.63, 3.8) is 0 Å². The second-order valence-electron chi connectivity index (χ2n) is 16.1. The molecule has 1 N–H and O–H groups in total. The molecule has 4 nitrogen and oxygen atoms in total. The quantitative estimate of drug-likeness (QED) is 0.182. The Kier molecular flexibility index (Phi) is 8.42. The number of aliphatic imine (C=N–C) groups is 2.